The molecule has 1 spiro atoms. The molecule has 3 fully saturated rings. The molecule has 2 aliphatic carbocycles. The number of nitrogens with one attached hydrogen (secondary N) is 1. The van der Waals surface area contributed by atoms with Crippen molar-refractivity contribution in [2.24, 2.45) is 22.7 Å². The summed E-state index contributed by atoms with van der Waals surface area (Å²) in [6.07, 6.45) is 4.16. The highest BCUT2D eigenvalue weighted by Crippen LogP contribution is 2.70. The molecular formula is C23H32FNO3. The first-order valence-electron chi connectivity index (χ1n) is 10.6. The van der Waals surface area contributed by atoms with Gasteiger partial charge in [-0.15, -0.1) is 0 Å². The number of amides is 1. The zero-order valence-corrected chi connectivity index (χ0v) is 17.4. The Morgan fingerprint density at radius 1 is 1.39 bits per heavy atom. The average Bonchev–Trinajstić information content (AvgIpc) is 3.15. The van der Waals surface area contributed by atoms with E-state index in [0.717, 1.165) is 25.7 Å². The zero-order valence-electron chi connectivity index (χ0n) is 17.4. The van der Waals surface area contributed by atoms with Gasteiger partial charge in [-0.1, -0.05) is 32.9 Å². The molecule has 0 aromatic heterocycles. The summed E-state index contributed by atoms with van der Waals surface area (Å²) in [5.74, 6) is 0.810. The molecule has 4 rings (SSSR count). The normalized spacial score (nSPS) is 35.5. The Kier molecular flexibility index (Phi) is 4.93. The third kappa shape index (κ3) is 2.77. The Morgan fingerprint density at radius 3 is 2.89 bits per heavy atom. The van der Waals surface area contributed by atoms with E-state index in [4.69, 9.17) is 9.47 Å². The van der Waals surface area contributed by atoms with Crippen LogP contribution in [0.2, 0.25) is 0 Å². The summed E-state index contributed by atoms with van der Waals surface area (Å²) >= 11 is 0. The number of hydrogen-bond donors (Lipinski definition) is 1. The van der Waals surface area contributed by atoms with Crippen LogP contribution in [-0.4, -0.2) is 25.7 Å². The molecular weight excluding hydrogens is 357 g/mol. The smallest absolute Gasteiger partial charge is 0.220 e. The van der Waals surface area contributed by atoms with Gasteiger partial charge in [-0.05, 0) is 54.4 Å². The second-order valence-corrected chi connectivity index (χ2v) is 9.45. The second-order valence-electron chi connectivity index (χ2n) is 9.45. The summed E-state index contributed by atoms with van der Waals surface area (Å²) in [6, 6.07) is 5.42. The van der Waals surface area contributed by atoms with Gasteiger partial charge in [-0.25, -0.2) is 4.39 Å². The summed E-state index contributed by atoms with van der Waals surface area (Å²) in [7, 11) is 1.49. The van der Waals surface area contributed by atoms with Crippen LogP contribution in [-0.2, 0) is 9.53 Å². The van der Waals surface area contributed by atoms with E-state index in [9.17, 15) is 4.79 Å². The van der Waals surface area contributed by atoms with Gasteiger partial charge < -0.3 is 14.8 Å². The van der Waals surface area contributed by atoms with Gasteiger partial charge >= 0.3 is 0 Å². The Hall–Kier alpha value is -1.62. The highest BCUT2D eigenvalue weighted by Gasteiger charge is 2.68. The average molecular weight is 390 g/mol. The van der Waals surface area contributed by atoms with E-state index in [2.05, 4.69) is 19.2 Å². The number of ether oxygens (including phenoxy) is 2. The number of rotatable bonds is 5. The van der Waals surface area contributed by atoms with Crippen LogP contribution >= 0.6 is 0 Å². The van der Waals surface area contributed by atoms with Crippen molar-refractivity contribution >= 4 is 5.91 Å². The summed E-state index contributed by atoms with van der Waals surface area (Å²) in [4.78, 5) is 12.5. The molecule has 1 aromatic carbocycles. The maximum Gasteiger partial charge on any atom is 0.220 e. The molecule has 1 amide bonds. The molecule has 1 saturated heterocycles. The van der Waals surface area contributed by atoms with Gasteiger partial charge in [0, 0.05) is 24.6 Å². The summed E-state index contributed by atoms with van der Waals surface area (Å²) in [6.45, 7) is 7.20. The van der Waals surface area contributed by atoms with E-state index in [0.29, 0.717) is 24.5 Å². The Morgan fingerprint density at radius 2 is 2.18 bits per heavy atom. The van der Waals surface area contributed by atoms with Crippen LogP contribution in [0, 0.1) is 28.5 Å². The van der Waals surface area contributed by atoms with Gasteiger partial charge in [0.15, 0.2) is 11.6 Å². The van der Waals surface area contributed by atoms with Gasteiger partial charge in [0.1, 0.15) is 0 Å². The van der Waals surface area contributed by atoms with E-state index >= 15 is 4.39 Å². The third-order valence-corrected chi connectivity index (χ3v) is 7.81. The van der Waals surface area contributed by atoms with Crippen molar-refractivity contribution in [1.29, 1.82) is 0 Å². The monoisotopic (exact) mass is 389 g/mol. The Balaban J connectivity index is 1.69. The van der Waals surface area contributed by atoms with Crippen molar-refractivity contribution in [2.45, 2.75) is 65.0 Å². The van der Waals surface area contributed by atoms with E-state index in [-0.39, 0.29) is 46.4 Å². The molecule has 5 atom stereocenters. The third-order valence-electron chi connectivity index (χ3n) is 7.81. The van der Waals surface area contributed by atoms with Crippen molar-refractivity contribution in [1.82, 2.24) is 5.32 Å². The standard InChI is InChI=1S/C23H32FNO3/c1-5-7-18(26)25-21-22(2,3)14-12-16-20(28-11-10-23(16,21)13-14)15-8-6-9-17(27-4)19(15)24/h6,8-9,14,16,20-21H,5,7,10-13H2,1-4H3,(H,25,26)/t14-,16-,20-,21+,23-/m1/s1. The zero-order chi connectivity index (χ0) is 20.1. The number of methoxy groups -OCH3 is 1. The maximum atomic E-state index is 15.0. The molecule has 1 aliphatic heterocycles. The molecule has 3 aliphatic rings. The number of fused-ring (bicyclic) bond motifs is 1. The quantitative estimate of drug-likeness (QED) is 0.798. The molecule has 5 heteroatoms. The lowest BCUT2D eigenvalue weighted by molar-refractivity contribution is -0.137. The lowest BCUT2D eigenvalue weighted by atomic mass is 9.58. The number of benzene rings is 1. The molecule has 2 saturated carbocycles. The highest BCUT2D eigenvalue weighted by atomic mass is 19.1. The molecule has 1 N–H and O–H groups in total. The molecule has 1 aromatic rings. The Bertz CT molecular complexity index is 764. The number of carbonyl (C=O) groups is 1. The van der Waals surface area contributed by atoms with Crippen LogP contribution in [0.5, 0.6) is 5.75 Å². The minimum atomic E-state index is -0.319. The fraction of sp³-hybridized carbons (Fsp3) is 0.696. The van der Waals surface area contributed by atoms with E-state index in [1.54, 1.807) is 6.07 Å². The van der Waals surface area contributed by atoms with Gasteiger partial charge in [-0.3, -0.25) is 4.79 Å². The largest absolute Gasteiger partial charge is 0.494 e. The van der Waals surface area contributed by atoms with Crippen LogP contribution in [0.1, 0.15) is 64.5 Å². The van der Waals surface area contributed by atoms with Crippen molar-refractivity contribution in [3.8, 4) is 5.75 Å². The minimum Gasteiger partial charge on any atom is -0.494 e. The topological polar surface area (TPSA) is 47.6 Å². The van der Waals surface area contributed by atoms with Crippen molar-refractivity contribution in [3.63, 3.8) is 0 Å². The molecule has 0 radical (unpaired) electrons. The van der Waals surface area contributed by atoms with Crippen LogP contribution in [0.4, 0.5) is 4.39 Å². The first-order chi connectivity index (χ1) is 13.3. The molecule has 154 valence electrons. The van der Waals surface area contributed by atoms with Gasteiger partial charge in [0.2, 0.25) is 5.91 Å². The summed E-state index contributed by atoms with van der Waals surface area (Å²) < 4.78 is 26.4. The molecule has 2 bridgehead atoms. The Labute approximate surface area is 167 Å². The van der Waals surface area contributed by atoms with E-state index in [1.165, 1.54) is 7.11 Å². The van der Waals surface area contributed by atoms with E-state index in [1.807, 2.05) is 19.1 Å². The maximum absolute atomic E-state index is 15.0. The van der Waals surface area contributed by atoms with Crippen LogP contribution in [0.3, 0.4) is 0 Å². The van der Waals surface area contributed by atoms with Crippen molar-refractivity contribution in [2.75, 3.05) is 13.7 Å². The van der Waals surface area contributed by atoms with Gasteiger partial charge in [0.05, 0.1) is 13.2 Å². The molecule has 28 heavy (non-hydrogen) atoms. The van der Waals surface area contributed by atoms with Crippen molar-refractivity contribution in [3.05, 3.63) is 29.6 Å². The van der Waals surface area contributed by atoms with Crippen LogP contribution < -0.4 is 10.1 Å². The number of halogens is 1. The summed E-state index contributed by atoms with van der Waals surface area (Å²) in [5.41, 5.74) is 0.623. The number of hydrogen-bond acceptors (Lipinski definition) is 3. The second kappa shape index (κ2) is 7.01. The van der Waals surface area contributed by atoms with E-state index < -0.39 is 0 Å². The minimum absolute atomic E-state index is 0.0179. The van der Waals surface area contributed by atoms with Crippen molar-refractivity contribution < 1.29 is 18.7 Å². The SMILES string of the molecule is CCCC(=O)N[C@H]1C(C)(C)[C@@H]2C[C@@H]3[C@@H](c4cccc(OC)c4F)OCC[C@@]31C2. The van der Waals surface area contributed by atoms with Crippen LogP contribution in [0.15, 0.2) is 18.2 Å². The van der Waals surface area contributed by atoms with Gasteiger partial charge in [0.25, 0.3) is 0 Å². The highest BCUT2D eigenvalue weighted by molar-refractivity contribution is 5.76. The lowest BCUT2D eigenvalue weighted by Crippen LogP contribution is -2.58. The first-order valence-corrected chi connectivity index (χ1v) is 10.6. The fourth-order valence-electron chi connectivity index (χ4n) is 6.46. The first kappa shape index (κ1) is 19.7. The fourth-order valence-corrected chi connectivity index (χ4v) is 6.46. The van der Waals surface area contributed by atoms with Crippen LogP contribution in [0.25, 0.3) is 0 Å². The molecule has 1 heterocycles. The predicted molar refractivity (Wildman–Crippen MR) is 106 cm³/mol. The molecule has 4 nitrogen and oxygen atoms in total. The lowest BCUT2D eigenvalue weighted by Gasteiger charge is -2.53. The summed E-state index contributed by atoms with van der Waals surface area (Å²) in [5, 5.41) is 3.39. The predicted octanol–water partition coefficient (Wildman–Crippen LogP) is 4.63. The number of carbonyl (C=O) groups excluding carboxylic acids is 1. The van der Waals surface area contributed by atoms with Gasteiger partial charge in [-0.2, -0.15) is 0 Å². The molecule has 0 unspecified atom stereocenters.